The van der Waals surface area contributed by atoms with E-state index in [-0.39, 0.29) is 6.03 Å². The van der Waals surface area contributed by atoms with Crippen molar-refractivity contribution in [1.29, 1.82) is 0 Å². The highest BCUT2D eigenvalue weighted by atomic mass is 16.2. The molecule has 0 saturated heterocycles. The zero-order valence-corrected chi connectivity index (χ0v) is 12.3. The number of carbonyl (C=O) groups is 1. The highest BCUT2D eigenvalue weighted by Crippen LogP contribution is 2.01. The van der Waals surface area contributed by atoms with Gasteiger partial charge >= 0.3 is 6.03 Å². The third-order valence-electron chi connectivity index (χ3n) is 3.66. The van der Waals surface area contributed by atoms with Gasteiger partial charge in [0.1, 0.15) is 0 Å². The standard InChI is InChI=1S/C13H29N3O/c1-7-11(3)15(5)10-9-14-13(17)16(6)12(4)8-2/h11-12H,7-10H2,1-6H3,(H,14,17)/t11-,12+/m0/s1. The SMILES string of the molecule is CC[C@@H](C)N(C)C(=O)NCCN(C)[C@@H](C)CC. The van der Waals surface area contributed by atoms with Gasteiger partial charge in [-0.1, -0.05) is 13.8 Å². The van der Waals surface area contributed by atoms with Crippen LogP contribution in [0.25, 0.3) is 0 Å². The van der Waals surface area contributed by atoms with Gasteiger partial charge in [0.25, 0.3) is 0 Å². The molecule has 0 radical (unpaired) electrons. The Hall–Kier alpha value is -0.770. The third kappa shape index (κ3) is 5.91. The Morgan fingerprint density at radius 1 is 1.12 bits per heavy atom. The second kappa shape index (κ2) is 8.34. The van der Waals surface area contributed by atoms with E-state index in [1.807, 2.05) is 7.05 Å². The number of hydrogen-bond donors (Lipinski definition) is 1. The third-order valence-corrected chi connectivity index (χ3v) is 3.66. The molecule has 0 fully saturated rings. The Labute approximate surface area is 106 Å². The second-order valence-corrected chi connectivity index (χ2v) is 4.84. The molecule has 0 aromatic heterocycles. The zero-order valence-electron chi connectivity index (χ0n) is 12.3. The molecule has 0 bridgehead atoms. The van der Waals surface area contributed by atoms with E-state index >= 15 is 0 Å². The Morgan fingerprint density at radius 2 is 1.65 bits per heavy atom. The number of carbonyl (C=O) groups excluding carboxylic acids is 1. The van der Waals surface area contributed by atoms with Crippen molar-refractivity contribution in [3.05, 3.63) is 0 Å². The van der Waals surface area contributed by atoms with E-state index in [2.05, 4.69) is 45.0 Å². The van der Waals surface area contributed by atoms with E-state index < -0.39 is 0 Å². The first-order valence-electron chi connectivity index (χ1n) is 6.64. The van der Waals surface area contributed by atoms with Crippen molar-refractivity contribution in [2.24, 2.45) is 0 Å². The lowest BCUT2D eigenvalue weighted by molar-refractivity contribution is 0.188. The fraction of sp³-hybridized carbons (Fsp3) is 0.923. The molecular formula is C13H29N3O. The average molecular weight is 243 g/mol. The summed E-state index contributed by atoms with van der Waals surface area (Å²) in [6.07, 6.45) is 2.12. The van der Waals surface area contributed by atoms with Gasteiger partial charge < -0.3 is 15.1 Å². The summed E-state index contributed by atoms with van der Waals surface area (Å²) in [5, 5.41) is 2.95. The van der Waals surface area contributed by atoms with Crippen molar-refractivity contribution in [1.82, 2.24) is 15.1 Å². The maximum absolute atomic E-state index is 11.8. The van der Waals surface area contributed by atoms with Crippen LogP contribution in [-0.4, -0.2) is 55.1 Å². The molecule has 102 valence electrons. The average Bonchev–Trinajstić information content (AvgIpc) is 2.35. The van der Waals surface area contributed by atoms with E-state index in [1.165, 1.54) is 0 Å². The summed E-state index contributed by atoms with van der Waals surface area (Å²) in [7, 11) is 3.95. The summed E-state index contributed by atoms with van der Waals surface area (Å²) in [4.78, 5) is 15.8. The van der Waals surface area contributed by atoms with Gasteiger partial charge in [0.05, 0.1) is 0 Å². The smallest absolute Gasteiger partial charge is 0.317 e. The van der Waals surface area contributed by atoms with Crippen LogP contribution in [0.1, 0.15) is 40.5 Å². The van der Waals surface area contributed by atoms with Gasteiger partial charge in [-0.25, -0.2) is 4.79 Å². The van der Waals surface area contributed by atoms with Crippen LogP contribution < -0.4 is 5.32 Å². The number of nitrogens with one attached hydrogen (secondary N) is 1. The van der Waals surface area contributed by atoms with Gasteiger partial charge in [-0.15, -0.1) is 0 Å². The van der Waals surface area contributed by atoms with Crippen LogP contribution in [0.5, 0.6) is 0 Å². The molecule has 0 aliphatic carbocycles. The van der Waals surface area contributed by atoms with Crippen LogP contribution in [-0.2, 0) is 0 Å². The summed E-state index contributed by atoms with van der Waals surface area (Å²) in [6, 6.07) is 0.887. The Morgan fingerprint density at radius 3 is 2.12 bits per heavy atom. The molecule has 17 heavy (non-hydrogen) atoms. The molecule has 4 nitrogen and oxygen atoms in total. The molecule has 0 aromatic rings. The lowest BCUT2D eigenvalue weighted by Gasteiger charge is -2.26. The van der Waals surface area contributed by atoms with Crippen LogP contribution in [0.15, 0.2) is 0 Å². The molecule has 4 heteroatoms. The van der Waals surface area contributed by atoms with Gasteiger partial charge in [0, 0.05) is 32.2 Å². The minimum absolute atomic E-state index is 0.0249. The molecule has 0 unspecified atom stereocenters. The first kappa shape index (κ1) is 16.2. The van der Waals surface area contributed by atoms with Crippen molar-refractivity contribution in [3.63, 3.8) is 0 Å². The molecule has 2 amide bonds. The fourth-order valence-corrected chi connectivity index (χ4v) is 1.47. The predicted molar refractivity (Wildman–Crippen MR) is 73.3 cm³/mol. The van der Waals surface area contributed by atoms with Gasteiger partial charge in [-0.3, -0.25) is 0 Å². The summed E-state index contributed by atoms with van der Waals surface area (Å²) in [6.45, 7) is 10.1. The molecule has 0 aliphatic rings. The van der Waals surface area contributed by atoms with Crippen molar-refractivity contribution in [3.8, 4) is 0 Å². The Balaban J connectivity index is 3.85. The zero-order chi connectivity index (χ0) is 13.4. The number of nitrogens with zero attached hydrogens (tertiary/aromatic N) is 2. The number of rotatable bonds is 7. The normalized spacial score (nSPS) is 14.5. The van der Waals surface area contributed by atoms with Crippen LogP contribution in [0.3, 0.4) is 0 Å². The molecular weight excluding hydrogens is 214 g/mol. The van der Waals surface area contributed by atoms with Crippen LogP contribution in [0.4, 0.5) is 4.79 Å². The van der Waals surface area contributed by atoms with Crippen LogP contribution in [0, 0.1) is 0 Å². The summed E-state index contributed by atoms with van der Waals surface area (Å²) in [5.74, 6) is 0. The van der Waals surface area contributed by atoms with Crippen molar-refractivity contribution >= 4 is 6.03 Å². The highest BCUT2D eigenvalue weighted by Gasteiger charge is 2.13. The molecule has 0 aromatic carbocycles. The molecule has 2 atom stereocenters. The first-order valence-corrected chi connectivity index (χ1v) is 6.64. The van der Waals surface area contributed by atoms with Crippen molar-refractivity contribution in [2.45, 2.75) is 52.6 Å². The number of urea groups is 1. The quantitative estimate of drug-likeness (QED) is 0.744. The Kier molecular flexibility index (Phi) is 7.96. The fourth-order valence-electron chi connectivity index (χ4n) is 1.47. The van der Waals surface area contributed by atoms with E-state index in [0.29, 0.717) is 18.6 Å². The van der Waals surface area contributed by atoms with E-state index in [0.717, 1.165) is 19.4 Å². The Bertz CT molecular complexity index is 221. The molecule has 0 aliphatic heterocycles. The predicted octanol–water partition coefficient (Wildman–Crippen LogP) is 2.16. The van der Waals surface area contributed by atoms with E-state index in [9.17, 15) is 4.79 Å². The molecule has 0 spiro atoms. The first-order chi connectivity index (χ1) is 7.93. The highest BCUT2D eigenvalue weighted by molar-refractivity contribution is 5.74. The van der Waals surface area contributed by atoms with E-state index in [1.54, 1.807) is 4.90 Å². The lowest BCUT2D eigenvalue weighted by Crippen LogP contribution is -2.45. The summed E-state index contributed by atoms with van der Waals surface area (Å²) < 4.78 is 0. The van der Waals surface area contributed by atoms with Crippen molar-refractivity contribution < 1.29 is 4.79 Å². The molecule has 0 heterocycles. The molecule has 1 N–H and O–H groups in total. The summed E-state index contributed by atoms with van der Waals surface area (Å²) in [5.41, 5.74) is 0. The van der Waals surface area contributed by atoms with Gasteiger partial charge in [0.15, 0.2) is 0 Å². The largest absolute Gasteiger partial charge is 0.337 e. The number of hydrogen-bond acceptors (Lipinski definition) is 2. The van der Waals surface area contributed by atoms with Crippen LogP contribution in [0.2, 0.25) is 0 Å². The van der Waals surface area contributed by atoms with Gasteiger partial charge in [-0.05, 0) is 33.7 Å². The second-order valence-electron chi connectivity index (χ2n) is 4.84. The van der Waals surface area contributed by atoms with Gasteiger partial charge in [-0.2, -0.15) is 0 Å². The molecule has 0 rings (SSSR count). The van der Waals surface area contributed by atoms with Crippen molar-refractivity contribution in [2.75, 3.05) is 27.2 Å². The monoisotopic (exact) mass is 243 g/mol. The summed E-state index contributed by atoms with van der Waals surface area (Å²) >= 11 is 0. The van der Waals surface area contributed by atoms with E-state index in [4.69, 9.17) is 0 Å². The topological polar surface area (TPSA) is 35.6 Å². The van der Waals surface area contributed by atoms with Crippen LogP contribution >= 0.6 is 0 Å². The maximum Gasteiger partial charge on any atom is 0.317 e. The number of likely N-dealkylation sites (N-methyl/N-ethyl adjacent to an activating group) is 1. The minimum Gasteiger partial charge on any atom is -0.337 e. The van der Waals surface area contributed by atoms with Gasteiger partial charge in [0.2, 0.25) is 0 Å². The minimum atomic E-state index is 0.0249. The lowest BCUT2D eigenvalue weighted by atomic mass is 10.2. The maximum atomic E-state index is 11.8. The molecule has 0 saturated carbocycles. The number of amides is 2.